The Kier molecular flexibility index (Phi) is 13.4. The number of nitrogens with zero attached hydrogens (tertiary/aromatic N) is 2. The van der Waals surface area contributed by atoms with Crippen molar-refractivity contribution in [2.45, 2.75) is 85.9 Å². The second kappa shape index (κ2) is 14.6. The van der Waals surface area contributed by atoms with Gasteiger partial charge in [-0.1, -0.05) is 48.5 Å². The average molecular weight is 484 g/mol. The lowest BCUT2D eigenvalue weighted by Crippen LogP contribution is -2.59. The molecule has 10 heteroatoms. The molecule has 0 aromatic heterocycles. The molecule has 0 saturated heterocycles. The van der Waals surface area contributed by atoms with E-state index in [9.17, 15) is 24.0 Å². The number of hydrogen-bond donors (Lipinski definition) is 3. The first-order valence-corrected chi connectivity index (χ1v) is 12.0. The van der Waals surface area contributed by atoms with Crippen molar-refractivity contribution in [1.82, 2.24) is 20.4 Å². The van der Waals surface area contributed by atoms with Crippen molar-refractivity contribution in [3.8, 4) is 0 Å². The molecule has 0 rings (SSSR count). The van der Waals surface area contributed by atoms with Gasteiger partial charge >= 0.3 is 0 Å². The predicted molar refractivity (Wildman–Crippen MR) is 131 cm³/mol. The van der Waals surface area contributed by atoms with Gasteiger partial charge in [0.1, 0.15) is 18.1 Å². The summed E-state index contributed by atoms with van der Waals surface area (Å²) in [5, 5.41) is 5.32. The van der Waals surface area contributed by atoms with Crippen LogP contribution in [0.4, 0.5) is 0 Å². The third-order valence-electron chi connectivity index (χ3n) is 5.68. The molecule has 34 heavy (non-hydrogen) atoms. The number of carbonyl (C=O) groups excluding carboxylic acids is 5. The van der Waals surface area contributed by atoms with Crippen LogP contribution >= 0.6 is 0 Å². The second-order valence-corrected chi connectivity index (χ2v) is 10.0. The summed E-state index contributed by atoms with van der Waals surface area (Å²) in [5.74, 6) is -2.18. The van der Waals surface area contributed by atoms with Gasteiger partial charge in [-0.3, -0.25) is 24.0 Å². The second-order valence-electron chi connectivity index (χ2n) is 10.0. The van der Waals surface area contributed by atoms with Crippen molar-refractivity contribution in [1.29, 1.82) is 0 Å². The molecule has 5 amide bonds. The van der Waals surface area contributed by atoms with Gasteiger partial charge in [0.2, 0.25) is 29.5 Å². The zero-order valence-electron chi connectivity index (χ0n) is 22.3. The summed E-state index contributed by atoms with van der Waals surface area (Å²) in [6, 6.07) is -2.51. The van der Waals surface area contributed by atoms with Crippen LogP contribution < -0.4 is 16.4 Å². The van der Waals surface area contributed by atoms with Crippen molar-refractivity contribution < 1.29 is 24.0 Å². The largest absolute Gasteiger partial charge is 0.368 e. The molecule has 0 aliphatic heterocycles. The molecule has 0 fully saturated rings. The molecule has 0 saturated carbocycles. The Morgan fingerprint density at radius 2 is 1.32 bits per heavy atom. The fraction of sp³-hybridized carbons (Fsp3) is 0.792. The number of carbonyl (C=O) groups is 5. The van der Waals surface area contributed by atoms with Crippen LogP contribution in [0.3, 0.4) is 0 Å². The Bertz CT molecular complexity index is 723. The SMILES string of the molecule is CCC(=O)NCC(=O)N(C)[C@@H](CC(C)C)C(=O)N[C@H](C(=O)N(C)[C@@H](CC(C)C)C(N)=O)C(C)C. The topological polar surface area (TPSA) is 142 Å². The highest BCUT2D eigenvalue weighted by atomic mass is 16.2. The lowest BCUT2D eigenvalue weighted by Gasteiger charge is -2.34. The first-order chi connectivity index (χ1) is 15.6. The van der Waals surface area contributed by atoms with Gasteiger partial charge < -0.3 is 26.2 Å². The molecule has 10 nitrogen and oxygen atoms in total. The molecule has 0 bridgehead atoms. The van der Waals surface area contributed by atoms with Crippen molar-refractivity contribution in [2.24, 2.45) is 23.5 Å². The van der Waals surface area contributed by atoms with Gasteiger partial charge in [-0.25, -0.2) is 0 Å². The maximum atomic E-state index is 13.3. The molecule has 0 aromatic rings. The molecule has 0 heterocycles. The summed E-state index contributed by atoms with van der Waals surface area (Å²) in [6.45, 7) is 12.8. The fourth-order valence-electron chi connectivity index (χ4n) is 3.53. The minimum atomic E-state index is -0.899. The van der Waals surface area contributed by atoms with E-state index in [1.165, 1.54) is 23.9 Å². The number of hydrogen-bond acceptors (Lipinski definition) is 5. The van der Waals surface area contributed by atoms with E-state index in [-0.39, 0.29) is 36.6 Å². The minimum Gasteiger partial charge on any atom is -0.368 e. The maximum Gasteiger partial charge on any atom is 0.245 e. The van der Waals surface area contributed by atoms with Gasteiger partial charge in [0.05, 0.1) is 6.54 Å². The Balaban J connectivity index is 5.70. The summed E-state index contributed by atoms with van der Waals surface area (Å²) in [6.07, 6.45) is 1.04. The van der Waals surface area contributed by atoms with Gasteiger partial charge in [0.15, 0.2) is 0 Å². The van der Waals surface area contributed by atoms with Crippen LogP contribution in [0.1, 0.15) is 67.7 Å². The monoisotopic (exact) mass is 483 g/mol. The molecule has 0 unspecified atom stereocenters. The van der Waals surface area contributed by atoms with Gasteiger partial charge in [0.25, 0.3) is 0 Å². The number of nitrogens with two attached hydrogens (primary N) is 1. The molecule has 0 spiro atoms. The first kappa shape index (κ1) is 31.4. The highest BCUT2D eigenvalue weighted by molar-refractivity contribution is 5.94. The van der Waals surface area contributed by atoms with E-state index in [4.69, 9.17) is 5.73 Å². The summed E-state index contributed by atoms with van der Waals surface area (Å²) in [5.41, 5.74) is 5.54. The third-order valence-corrected chi connectivity index (χ3v) is 5.68. The lowest BCUT2D eigenvalue weighted by molar-refractivity contribution is -0.144. The molecule has 4 N–H and O–H groups in total. The maximum absolute atomic E-state index is 13.3. The van der Waals surface area contributed by atoms with E-state index >= 15 is 0 Å². The smallest absolute Gasteiger partial charge is 0.245 e. The number of nitrogens with one attached hydrogen (secondary N) is 2. The van der Waals surface area contributed by atoms with Gasteiger partial charge in [-0.15, -0.1) is 0 Å². The molecular weight excluding hydrogens is 438 g/mol. The highest BCUT2D eigenvalue weighted by Gasteiger charge is 2.36. The summed E-state index contributed by atoms with van der Waals surface area (Å²) in [4.78, 5) is 65.3. The normalized spacial score (nSPS) is 13.9. The van der Waals surface area contributed by atoms with Gasteiger partial charge in [-0.2, -0.15) is 0 Å². The van der Waals surface area contributed by atoms with Crippen LogP contribution in [-0.4, -0.2) is 78.1 Å². The zero-order chi connectivity index (χ0) is 26.7. The summed E-state index contributed by atoms with van der Waals surface area (Å²) < 4.78 is 0. The highest BCUT2D eigenvalue weighted by Crippen LogP contribution is 2.16. The van der Waals surface area contributed by atoms with Crippen LogP contribution in [-0.2, 0) is 24.0 Å². The Morgan fingerprint density at radius 1 is 0.824 bits per heavy atom. The number of likely N-dealkylation sites (N-methyl/N-ethyl adjacent to an activating group) is 2. The fourth-order valence-corrected chi connectivity index (χ4v) is 3.53. The summed E-state index contributed by atoms with van der Waals surface area (Å²) in [7, 11) is 3.02. The van der Waals surface area contributed by atoms with Crippen molar-refractivity contribution >= 4 is 29.5 Å². The molecule has 0 aliphatic rings. The van der Waals surface area contributed by atoms with E-state index in [1.54, 1.807) is 20.8 Å². The number of primary amides is 1. The predicted octanol–water partition coefficient (Wildman–Crippen LogP) is 0.885. The van der Waals surface area contributed by atoms with Gasteiger partial charge in [-0.05, 0) is 30.6 Å². The minimum absolute atomic E-state index is 0.0948. The van der Waals surface area contributed by atoms with Crippen LogP contribution in [0, 0.1) is 17.8 Å². The third kappa shape index (κ3) is 10.1. The number of rotatable bonds is 14. The van der Waals surface area contributed by atoms with Crippen LogP contribution in [0.5, 0.6) is 0 Å². The average Bonchev–Trinajstić information content (AvgIpc) is 2.75. The van der Waals surface area contributed by atoms with Crippen molar-refractivity contribution in [2.75, 3.05) is 20.6 Å². The molecule has 0 aromatic carbocycles. The van der Waals surface area contributed by atoms with E-state index in [0.29, 0.717) is 12.8 Å². The van der Waals surface area contributed by atoms with E-state index in [1.807, 2.05) is 27.7 Å². The van der Waals surface area contributed by atoms with Crippen molar-refractivity contribution in [3.63, 3.8) is 0 Å². The van der Waals surface area contributed by atoms with Crippen LogP contribution in [0.25, 0.3) is 0 Å². The summed E-state index contributed by atoms with van der Waals surface area (Å²) >= 11 is 0. The van der Waals surface area contributed by atoms with Crippen molar-refractivity contribution in [3.05, 3.63) is 0 Å². The Hall–Kier alpha value is -2.65. The first-order valence-electron chi connectivity index (χ1n) is 12.0. The molecule has 3 atom stereocenters. The quantitative estimate of drug-likeness (QED) is 0.336. The Morgan fingerprint density at radius 3 is 1.74 bits per heavy atom. The van der Waals surface area contributed by atoms with Crippen LogP contribution in [0.15, 0.2) is 0 Å². The van der Waals surface area contributed by atoms with Crippen LogP contribution in [0.2, 0.25) is 0 Å². The lowest BCUT2D eigenvalue weighted by atomic mass is 9.97. The van der Waals surface area contributed by atoms with E-state index in [2.05, 4.69) is 10.6 Å². The van der Waals surface area contributed by atoms with E-state index < -0.39 is 41.8 Å². The van der Waals surface area contributed by atoms with E-state index in [0.717, 1.165) is 0 Å². The molecular formula is C24H45N5O5. The number of amides is 5. The zero-order valence-corrected chi connectivity index (χ0v) is 22.3. The molecule has 0 radical (unpaired) electrons. The molecule has 0 aliphatic carbocycles. The Labute approximate surface area is 204 Å². The van der Waals surface area contributed by atoms with Gasteiger partial charge in [0, 0.05) is 20.5 Å². The standard InChI is InChI=1S/C24H45N5O5/c1-10-19(30)26-13-20(31)28(8)18(12-15(4)5)23(33)27-21(16(6)7)24(34)29(9)17(22(25)32)11-14(2)3/h14-18,21H,10-13H2,1-9H3,(H2,25,32)(H,26,30)(H,27,33)/t17-,18-,21-/m0/s1. The molecule has 196 valence electrons.